The van der Waals surface area contributed by atoms with Crippen LogP contribution in [0.2, 0.25) is 5.02 Å². The minimum Gasteiger partial charge on any atom is -0.439 e. The number of hydrogen-bond acceptors (Lipinski definition) is 3. The molecule has 0 aliphatic rings. The van der Waals surface area contributed by atoms with Crippen LogP contribution in [0.5, 0.6) is 11.6 Å². The average Bonchev–Trinajstić information content (AvgIpc) is 2.34. The Kier molecular flexibility index (Phi) is 3.79. The third-order valence-electron chi connectivity index (χ3n) is 2.45. The van der Waals surface area contributed by atoms with Crippen LogP contribution >= 0.6 is 11.6 Å². The first-order valence-electron chi connectivity index (χ1n) is 5.30. The standard InChI is InChI=1S/C13H11ClFNO2/c1-8-9(7-17)2-5-13(16-8)18-10-3-4-12(15)11(14)6-10/h2-6,17H,7H2,1H3. The zero-order valence-electron chi connectivity index (χ0n) is 9.65. The van der Waals surface area contributed by atoms with Crippen LogP contribution < -0.4 is 4.74 Å². The third kappa shape index (κ3) is 2.78. The molecule has 0 spiro atoms. The predicted molar refractivity (Wildman–Crippen MR) is 66.4 cm³/mol. The van der Waals surface area contributed by atoms with Gasteiger partial charge in [0, 0.05) is 17.8 Å². The molecule has 1 aromatic heterocycles. The molecule has 3 nitrogen and oxygen atoms in total. The summed E-state index contributed by atoms with van der Waals surface area (Å²) in [5, 5.41) is 9.02. The van der Waals surface area contributed by atoms with Crippen LogP contribution in [-0.4, -0.2) is 10.1 Å². The fourth-order valence-electron chi connectivity index (χ4n) is 1.45. The Morgan fingerprint density at radius 1 is 1.33 bits per heavy atom. The Balaban J connectivity index is 2.23. The molecule has 0 saturated carbocycles. The van der Waals surface area contributed by atoms with Crippen molar-refractivity contribution in [2.45, 2.75) is 13.5 Å². The van der Waals surface area contributed by atoms with Gasteiger partial charge in [-0.05, 0) is 30.7 Å². The molecule has 18 heavy (non-hydrogen) atoms. The first-order chi connectivity index (χ1) is 8.60. The zero-order valence-corrected chi connectivity index (χ0v) is 10.4. The van der Waals surface area contributed by atoms with Crippen molar-refractivity contribution in [3.63, 3.8) is 0 Å². The van der Waals surface area contributed by atoms with Crippen molar-refractivity contribution in [3.8, 4) is 11.6 Å². The van der Waals surface area contributed by atoms with Gasteiger partial charge in [-0.3, -0.25) is 0 Å². The summed E-state index contributed by atoms with van der Waals surface area (Å²) < 4.78 is 18.4. The molecule has 0 radical (unpaired) electrons. The fraction of sp³-hybridized carbons (Fsp3) is 0.154. The Morgan fingerprint density at radius 3 is 2.72 bits per heavy atom. The lowest BCUT2D eigenvalue weighted by atomic mass is 10.2. The molecule has 94 valence electrons. The van der Waals surface area contributed by atoms with Crippen molar-refractivity contribution in [3.05, 3.63) is 52.4 Å². The number of aromatic nitrogens is 1. The van der Waals surface area contributed by atoms with Gasteiger partial charge in [0.1, 0.15) is 11.6 Å². The van der Waals surface area contributed by atoms with E-state index in [0.29, 0.717) is 17.3 Å². The summed E-state index contributed by atoms with van der Waals surface area (Å²) in [7, 11) is 0. The number of aliphatic hydroxyl groups excluding tert-OH is 1. The molecule has 0 amide bonds. The highest BCUT2D eigenvalue weighted by atomic mass is 35.5. The summed E-state index contributed by atoms with van der Waals surface area (Å²) in [4.78, 5) is 4.17. The van der Waals surface area contributed by atoms with E-state index in [-0.39, 0.29) is 11.6 Å². The molecule has 0 aliphatic heterocycles. The topological polar surface area (TPSA) is 42.4 Å². The van der Waals surface area contributed by atoms with E-state index >= 15 is 0 Å². The maximum atomic E-state index is 13.0. The van der Waals surface area contributed by atoms with Gasteiger partial charge in [-0.25, -0.2) is 9.37 Å². The summed E-state index contributed by atoms with van der Waals surface area (Å²) in [6, 6.07) is 7.44. The smallest absolute Gasteiger partial charge is 0.219 e. The molecular weight excluding hydrogens is 257 g/mol. The molecule has 0 saturated heterocycles. The van der Waals surface area contributed by atoms with Gasteiger partial charge in [-0.1, -0.05) is 11.6 Å². The van der Waals surface area contributed by atoms with Crippen LogP contribution in [-0.2, 0) is 6.61 Å². The number of halogens is 2. The minimum atomic E-state index is -0.496. The van der Waals surface area contributed by atoms with E-state index in [1.54, 1.807) is 19.1 Å². The molecule has 2 aromatic rings. The van der Waals surface area contributed by atoms with E-state index in [0.717, 1.165) is 5.56 Å². The highest BCUT2D eigenvalue weighted by Crippen LogP contribution is 2.25. The third-order valence-corrected chi connectivity index (χ3v) is 2.74. The quantitative estimate of drug-likeness (QED) is 0.926. The molecule has 1 aromatic carbocycles. The SMILES string of the molecule is Cc1nc(Oc2ccc(F)c(Cl)c2)ccc1CO. The Hall–Kier alpha value is -1.65. The molecule has 1 heterocycles. The maximum absolute atomic E-state index is 13.0. The van der Waals surface area contributed by atoms with Crippen molar-refractivity contribution < 1.29 is 14.2 Å². The van der Waals surface area contributed by atoms with Gasteiger partial charge in [0.05, 0.1) is 11.6 Å². The van der Waals surface area contributed by atoms with Crippen LogP contribution in [0.15, 0.2) is 30.3 Å². The fourth-order valence-corrected chi connectivity index (χ4v) is 1.62. The van der Waals surface area contributed by atoms with Crippen molar-refractivity contribution in [2.24, 2.45) is 0 Å². The molecule has 1 N–H and O–H groups in total. The Bertz CT molecular complexity index is 575. The Morgan fingerprint density at radius 2 is 2.11 bits per heavy atom. The number of benzene rings is 1. The minimum absolute atomic E-state index is 0.00352. The number of rotatable bonds is 3. The number of aryl methyl sites for hydroxylation is 1. The van der Waals surface area contributed by atoms with Crippen molar-refractivity contribution in [1.82, 2.24) is 4.98 Å². The normalized spacial score (nSPS) is 10.4. The van der Waals surface area contributed by atoms with Gasteiger partial charge in [-0.2, -0.15) is 0 Å². The first-order valence-corrected chi connectivity index (χ1v) is 5.68. The highest BCUT2D eigenvalue weighted by molar-refractivity contribution is 6.30. The lowest BCUT2D eigenvalue weighted by Gasteiger charge is -2.08. The van der Waals surface area contributed by atoms with Crippen molar-refractivity contribution >= 4 is 11.6 Å². The number of pyridine rings is 1. The molecule has 2 rings (SSSR count). The molecular formula is C13H11ClFNO2. The van der Waals surface area contributed by atoms with Crippen LogP contribution in [0.3, 0.4) is 0 Å². The molecule has 0 fully saturated rings. The number of ether oxygens (including phenoxy) is 1. The maximum Gasteiger partial charge on any atom is 0.219 e. The van der Waals surface area contributed by atoms with Crippen LogP contribution in [0.4, 0.5) is 4.39 Å². The lowest BCUT2D eigenvalue weighted by Crippen LogP contribution is -1.95. The van der Waals surface area contributed by atoms with Gasteiger partial charge in [0.2, 0.25) is 5.88 Å². The zero-order chi connectivity index (χ0) is 13.1. The van der Waals surface area contributed by atoms with Crippen molar-refractivity contribution in [1.29, 1.82) is 0 Å². The number of hydrogen-bond donors (Lipinski definition) is 1. The van der Waals surface area contributed by atoms with Gasteiger partial charge in [0.25, 0.3) is 0 Å². The van der Waals surface area contributed by atoms with E-state index in [4.69, 9.17) is 21.4 Å². The van der Waals surface area contributed by atoms with E-state index in [2.05, 4.69) is 4.98 Å². The second-order valence-electron chi connectivity index (χ2n) is 3.73. The lowest BCUT2D eigenvalue weighted by molar-refractivity contribution is 0.280. The second-order valence-corrected chi connectivity index (χ2v) is 4.14. The van der Waals surface area contributed by atoms with Crippen LogP contribution in [0.25, 0.3) is 0 Å². The predicted octanol–water partition coefficient (Wildman–Crippen LogP) is 3.47. The summed E-state index contributed by atoms with van der Waals surface area (Å²) in [5.74, 6) is 0.279. The first kappa shape index (κ1) is 12.8. The van der Waals surface area contributed by atoms with Crippen molar-refractivity contribution in [2.75, 3.05) is 0 Å². The molecule has 5 heteroatoms. The average molecular weight is 268 g/mol. The molecule has 0 unspecified atom stereocenters. The van der Waals surface area contributed by atoms with E-state index in [1.807, 2.05) is 0 Å². The monoisotopic (exact) mass is 267 g/mol. The number of nitrogens with zero attached hydrogens (tertiary/aromatic N) is 1. The van der Waals surface area contributed by atoms with Crippen LogP contribution in [0, 0.1) is 12.7 Å². The van der Waals surface area contributed by atoms with E-state index < -0.39 is 5.82 Å². The summed E-state index contributed by atoms with van der Waals surface area (Å²) in [6.45, 7) is 1.71. The molecule has 0 atom stereocenters. The van der Waals surface area contributed by atoms with E-state index in [1.165, 1.54) is 18.2 Å². The number of aliphatic hydroxyl groups is 1. The second kappa shape index (κ2) is 5.33. The van der Waals surface area contributed by atoms with Gasteiger partial charge in [-0.15, -0.1) is 0 Å². The largest absolute Gasteiger partial charge is 0.439 e. The van der Waals surface area contributed by atoms with Gasteiger partial charge >= 0.3 is 0 Å². The summed E-state index contributed by atoms with van der Waals surface area (Å²) in [5.41, 5.74) is 1.42. The molecule has 0 aliphatic carbocycles. The molecule has 0 bridgehead atoms. The Labute approximate surface area is 109 Å². The van der Waals surface area contributed by atoms with E-state index in [9.17, 15) is 4.39 Å². The summed E-state index contributed by atoms with van der Waals surface area (Å²) in [6.07, 6.45) is 0. The highest BCUT2D eigenvalue weighted by Gasteiger charge is 2.05. The van der Waals surface area contributed by atoms with Crippen LogP contribution in [0.1, 0.15) is 11.3 Å². The van der Waals surface area contributed by atoms with Gasteiger partial charge in [0.15, 0.2) is 0 Å². The summed E-state index contributed by atoms with van der Waals surface area (Å²) >= 11 is 5.65. The van der Waals surface area contributed by atoms with Gasteiger partial charge < -0.3 is 9.84 Å².